The molecule has 6 nitrogen and oxygen atoms in total. The van der Waals surface area contributed by atoms with E-state index in [9.17, 15) is 13.2 Å². The summed E-state index contributed by atoms with van der Waals surface area (Å²) in [5, 5.41) is 6.42. The molecule has 0 atom stereocenters. The summed E-state index contributed by atoms with van der Waals surface area (Å²) in [6, 6.07) is 10.6. The Morgan fingerprint density at radius 2 is 1.74 bits per heavy atom. The van der Waals surface area contributed by atoms with Crippen LogP contribution >= 0.6 is 11.6 Å². The average molecular weight is 350 g/mol. The summed E-state index contributed by atoms with van der Waals surface area (Å²) in [6.45, 7) is 1.75. The minimum absolute atomic E-state index is 0.138. The molecule has 0 aliphatic carbocycles. The van der Waals surface area contributed by atoms with Crippen LogP contribution in [0.3, 0.4) is 0 Å². The van der Waals surface area contributed by atoms with Gasteiger partial charge in [-0.25, -0.2) is 22.9 Å². The topological polar surface area (TPSA) is 84.8 Å². The number of rotatable bonds is 3. The Balaban J connectivity index is 2.02. The molecule has 0 spiro atoms. The molecule has 118 valence electrons. The number of halogens is 1. The van der Waals surface area contributed by atoms with Crippen molar-refractivity contribution in [2.45, 2.75) is 16.7 Å². The number of aromatic amines is 1. The lowest BCUT2D eigenvalue weighted by Crippen LogP contribution is -2.14. The van der Waals surface area contributed by atoms with Crippen LogP contribution in [0.2, 0.25) is 5.02 Å². The van der Waals surface area contributed by atoms with Gasteiger partial charge in [-0.3, -0.25) is 0 Å². The highest BCUT2D eigenvalue weighted by Crippen LogP contribution is 2.25. The first-order chi connectivity index (χ1) is 10.9. The Morgan fingerprint density at radius 3 is 2.30 bits per heavy atom. The van der Waals surface area contributed by atoms with Gasteiger partial charge in [0.2, 0.25) is 9.84 Å². The van der Waals surface area contributed by atoms with Gasteiger partial charge in [-0.2, -0.15) is 5.10 Å². The van der Waals surface area contributed by atoms with Crippen molar-refractivity contribution < 1.29 is 8.42 Å². The molecule has 2 aromatic carbocycles. The van der Waals surface area contributed by atoms with Crippen molar-refractivity contribution >= 4 is 21.4 Å². The quantitative estimate of drug-likeness (QED) is 0.786. The van der Waals surface area contributed by atoms with E-state index in [1.807, 2.05) is 0 Å². The van der Waals surface area contributed by atoms with E-state index in [1.54, 1.807) is 25.1 Å². The van der Waals surface area contributed by atoms with Gasteiger partial charge in [0, 0.05) is 5.02 Å². The first kappa shape index (κ1) is 15.5. The van der Waals surface area contributed by atoms with Crippen LogP contribution in [0.25, 0.3) is 5.69 Å². The molecule has 0 saturated carbocycles. The summed E-state index contributed by atoms with van der Waals surface area (Å²) in [7, 11) is -3.64. The summed E-state index contributed by atoms with van der Waals surface area (Å²) in [5.41, 5.74) is 0.818. The van der Waals surface area contributed by atoms with E-state index in [1.165, 1.54) is 35.2 Å². The number of hydrogen-bond donors (Lipinski definition) is 1. The third-order valence-corrected chi connectivity index (χ3v) is 5.61. The fourth-order valence-corrected chi connectivity index (χ4v) is 3.60. The largest absolute Gasteiger partial charge is 0.347 e. The Labute approximate surface area is 137 Å². The first-order valence-electron chi connectivity index (χ1n) is 6.63. The van der Waals surface area contributed by atoms with E-state index in [2.05, 4.69) is 10.2 Å². The predicted octanol–water partition coefficient (Wildman–Crippen LogP) is 2.36. The molecule has 8 heteroatoms. The number of hydrogen-bond acceptors (Lipinski definition) is 4. The first-order valence-corrected chi connectivity index (χ1v) is 8.49. The van der Waals surface area contributed by atoms with Crippen LogP contribution in [0.15, 0.2) is 63.4 Å². The van der Waals surface area contributed by atoms with E-state index in [0.717, 1.165) is 0 Å². The van der Waals surface area contributed by atoms with Gasteiger partial charge >= 0.3 is 5.69 Å². The predicted molar refractivity (Wildman–Crippen MR) is 85.8 cm³/mol. The minimum Gasteiger partial charge on any atom is -0.250 e. The van der Waals surface area contributed by atoms with Crippen LogP contribution in [0.1, 0.15) is 5.56 Å². The number of aryl methyl sites for hydroxylation is 1. The number of H-pyrrole nitrogens is 1. The van der Waals surface area contributed by atoms with Gasteiger partial charge in [0.1, 0.15) is 6.33 Å². The molecule has 0 unspecified atom stereocenters. The Hall–Kier alpha value is -2.38. The maximum absolute atomic E-state index is 12.6. The van der Waals surface area contributed by atoms with E-state index in [4.69, 9.17) is 11.6 Å². The highest BCUT2D eigenvalue weighted by atomic mass is 35.5. The standard InChI is InChI=1S/C15H12ClN3O3S/c1-10-8-13(6-7-14(10)16)23(21,22)12-4-2-11(3-5-12)19-9-17-18-15(19)20/h2-9H,1H3,(H,18,20). The van der Waals surface area contributed by atoms with Gasteiger partial charge in [0.15, 0.2) is 0 Å². The van der Waals surface area contributed by atoms with Crippen molar-refractivity contribution in [3.8, 4) is 5.69 Å². The molecule has 3 rings (SSSR count). The molecule has 3 aromatic rings. The lowest BCUT2D eigenvalue weighted by atomic mass is 10.2. The van der Waals surface area contributed by atoms with E-state index < -0.39 is 15.5 Å². The summed E-state index contributed by atoms with van der Waals surface area (Å²) in [6.07, 6.45) is 1.33. The zero-order valence-electron chi connectivity index (χ0n) is 12.0. The molecule has 0 bridgehead atoms. The molecule has 0 amide bonds. The van der Waals surface area contributed by atoms with Crippen molar-refractivity contribution in [3.05, 3.63) is 69.9 Å². The van der Waals surface area contributed by atoms with E-state index in [0.29, 0.717) is 16.3 Å². The van der Waals surface area contributed by atoms with Gasteiger partial charge < -0.3 is 0 Å². The number of aromatic nitrogens is 3. The zero-order chi connectivity index (χ0) is 16.6. The maximum Gasteiger partial charge on any atom is 0.347 e. The van der Waals surface area contributed by atoms with Gasteiger partial charge in [0.05, 0.1) is 15.5 Å². The van der Waals surface area contributed by atoms with Crippen molar-refractivity contribution in [3.63, 3.8) is 0 Å². The fourth-order valence-electron chi connectivity index (χ4n) is 2.14. The average Bonchev–Trinajstić information content (AvgIpc) is 2.96. The third-order valence-electron chi connectivity index (χ3n) is 3.42. The molecule has 1 heterocycles. The highest BCUT2D eigenvalue weighted by molar-refractivity contribution is 7.91. The van der Waals surface area contributed by atoms with Crippen molar-refractivity contribution in [1.82, 2.24) is 14.8 Å². The second kappa shape index (κ2) is 5.68. The van der Waals surface area contributed by atoms with Crippen LogP contribution in [0.5, 0.6) is 0 Å². The highest BCUT2D eigenvalue weighted by Gasteiger charge is 2.18. The summed E-state index contributed by atoms with van der Waals surface area (Å²) < 4.78 is 26.5. The summed E-state index contributed by atoms with van der Waals surface area (Å²) >= 11 is 5.93. The fraction of sp³-hybridized carbons (Fsp3) is 0.0667. The molecule has 0 radical (unpaired) electrons. The lowest BCUT2D eigenvalue weighted by molar-refractivity contribution is 0.596. The Bertz CT molecular complexity index is 1020. The van der Waals surface area contributed by atoms with Gasteiger partial charge in [-0.15, -0.1) is 0 Å². The maximum atomic E-state index is 12.6. The molecule has 0 fully saturated rings. The minimum atomic E-state index is -3.64. The second-order valence-electron chi connectivity index (χ2n) is 4.94. The monoisotopic (exact) mass is 349 g/mol. The molecule has 23 heavy (non-hydrogen) atoms. The molecular formula is C15H12ClN3O3S. The van der Waals surface area contributed by atoms with E-state index in [-0.39, 0.29) is 9.79 Å². The SMILES string of the molecule is Cc1cc(S(=O)(=O)c2ccc(-n3cn[nH]c3=O)cc2)ccc1Cl. The third kappa shape index (κ3) is 2.80. The number of benzene rings is 2. The van der Waals surface area contributed by atoms with Crippen LogP contribution < -0.4 is 5.69 Å². The molecule has 1 N–H and O–H groups in total. The molecule has 0 aliphatic heterocycles. The zero-order valence-corrected chi connectivity index (χ0v) is 13.6. The second-order valence-corrected chi connectivity index (χ2v) is 7.30. The van der Waals surface area contributed by atoms with Crippen molar-refractivity contribution in [1.29, 1.82) is 0 Å². The molecule has 0 aliphatic rings. The van der Waals surface area contributed by atoms with Gasteiger partial charge in [0.25, 0.3) is 0 Å². The van der Waals surface area contributed by atoms with Crippen LogP contribution in [0, 0.1) is 6.92 Å². The number of nitrogens with one attached hydrogen (secondary N) is 1. The number of sulfone groups is 1. The lowest BCUT2D eigenvalue weighted by Gasteiger charge is -2.07. The van der Waals surface area contributed by atoms with Crippen LogP contribution in [-0.2, 0) is 9.84 Å². The molecule has 1 aromatic heterocycles. The number of nitrogens with zero attached hydrogens (tertiary/aromatic N) is 2. The molecular weight excluding hydrogens is 338 g/mol. The summed E-state index contributed by atoms with van der Waals surface area (Å²) in [4.78, 5) is 11.8. The Kier molecular flexibility index (Phi) is 3.83. The normalized spacial score (nSPS) is 11.6. The van der Waals surface area contributed by atoms with Crippen LogP contribution in [0.4, 0.5) is 0 Å². The molecule has 0 saturated heterocycles. The van der Waals surface area contributed by atoms with Gasteiger partial charge in [-0.1, -0.05) is 11.6 Å². The Morgan fingerprint density at radius 1 is 1.09 bits per heavy atom. The van der Waals surface area contributed by atoms with Crippen molar-refractivity contribution in [2.75, 3.05) is 0 Å². The van der Waals surface area contributed by atoms with Crippen molar-refractivity contribution in [2.24, 2.45) is 0 Å². The smallest absolute Gasteiger partial charge is 0.250 e. The van der Waals surface area contributed by atoms with E-state index >= 15 is 0 Å². The van der Waals surface area contributed by atoms with Crippen LogP contribution in [-0.4, -0.2) is 23.2 Å². The van der Waals surface area contributed by atoms with Gasteiger partial charge in [-0.05, 0) is 55.0 Å². The summed E-state index contributed by atoms with van der Waals surface area (Å²) in [5.74, 6) is 0.